The van der Waals surface area contributed by atoms with Crippen LogP contribution in [-0.4, -0.2) is 36.9 Å². The Kier molecular flexibility index (Phi) is 6.35. The van der Waals surface area contributed by atoms with Crippen molar-refractivity contribution in [3.8, 4) is 0 Å². The van der Waals surface area contributed by atoms with Crippen molar-refractivity contribution < 1.29 is 23.8 Å². The average molecular weight is 318 g/mol. The third-order valence-corrected chi connectivity index (χ3v) is 3.54. The summed E-state index contributed by atoms with van der Waals surface area (Å²) in [4.78, 5) is 22.2. The van der Waals surface area contributed by atoms with Gasteiger partial charge in [0.15, 0.2) is 0 Å². The fraction of sp³-hybridized carbons (Fsp3) is 0.444. The highest BCUT2D eigenvalue weighted by atomic mass is 16.6. The second-order valence-corrected chi connectivity index (χ2v) is 5.50. The summed E-state index contributed by atoms with van der Waals surface area (Å²) >= 11 is 0. The minimum atomic E-state index is -0.528. The van der Waals surface area contributed by atoms with E-state index in [0.29, 0.717) is 0 Å². The molecule has 1 heterocycles. The van der Waals surface area contributed by atoms with Gasteiger partial charge in [0.25, 0.3) is 0 Å². The number of carbonyl (C=O) groups excluding carboxylic acids is 2. The number of esters is 2. The summed E-state index contributed by atoms with van der Waals surface area (Å²) in [7, 11) is 0. The molecule has 0 bridgehead atoms. The van der Waals surface area contributed by atoms with E-state index in [1.165, 1.54) is 19.4 Å². The first-order valence-electron chi connectivity index (χ1n) is 7.73. The number of carbonyl (C=O) groups is 2. The molecule has 0 radical (unpaired) electrons. The van der Waals surface area contributed by atoms with Crippen LogP contribution in [-0.2, 0) is 30.2 Å². The lowest BCUT2D eigenvalue weighted by atomic mass is 10.0. The minimum Gasteiger partial charge on any atom is -0.463 e. The van der Waals surface area contributed by atoms with Crippen LogP contribution in [0.1, 0.15) is 25.8 Å². The van der Waals surface area contributed by atoms with E-state index >= 15 is 0 Å². The molecule has 124 valence electrons. The van der Waals surface area contributed by atoms with E-state index in [0.717, 1.165) is 12.8 Å². The first-order valence-corrected chi connectivity index (χ1v) is 7.73. The molecule has 5 heteroatoms. The van der Waals surface area contributed by atoms with Gasteiger partial charge in [0.05, 0.1) is 6.10 Å². The highest BCUT2D eigenvalue weighted by Gasteiger charge is 2.30. The summed E-state index contributed by atoms with van der Waals surface area (Å²) < 4.78 is 16.2. The van der Waals surface area contributed by atoms with Gasteiger partial charge in [0.1, 0.15) is 18.8 Å². The maximum absolute atomic E-state index is 11.2. The van der Waals surface area contributed by atoms with Crippen LogP contribution in [0.5, 0.6) is 0 Å². The fourth-order valence-corrected chi connectivity index (χ4v) is 2.46. The summed E-state index contributed by atoms with van der Waals surface area (Å²) in [5, 5.41) is 0. The van der Waals surface area contributed by atoms with Crippen molar-refractivity contribution >= 4 is 11.9 Å². The molecular formula is C18H22O5. The van der Waals surface area contributed by atoms with Crippen LogP contribution in [0.2, 0.25) is 0 Å². The number of hydrogen-bond donors (Lipinski definition) is 0. The molecular weight excluding hydrogens is 296 g/mol. The summed E-state index contributed by atoms with van der Waals surface area (Å²) in [5.41, 5.74) is 1.24. The van der Waals surface area contributed by atoms with E-state index in [9.17, 15) is 9.59 Å². The van der Waals surface area contributed by atoms with Crippen molar-refractivity contribution in [2.75, 3.05) is 6.61 Å². The third-order valence-electron chi connectivity index (χ3n) is 3.54. The van der Waals surface area contributed by atoms with Gasteiger partial charge in [-0.05, 0) is 24.5 Å². The molecule has 1 unspecified atom stereocenters. The molecule has 1 aliphatic rings. The molecule has 1 aromatic rings. The predicted octanol–water partition coefficient (Wildman–Crippen LogP) is 2.44. The quantitative estimate of drug-likeness (QED) is 0.595. The zero-order valence-electron chi connectivity index (χ0n) is 13.4. The smallest absolute Gasteiger partial charge is 0.303 e. The maximum atomic E-state index is 11.2. The van der Waals surface area contributed by atoms with Gasteiger partial charge >= 0.3 is 11.9 Å². The Bertz CT molecular complexity index is 552. The lowest BCUT2D eigenvalue weighted by molar-refractivity contribution is -0.163. The Balaban J connectivity index is 1.94. The van der Waals surface area contributed by atoms with Gasteiger partial charge in [-0.15, -0.1) is 0 Å². The second-order valence-electron chi connectivity index (χ2n) is 5.50. The lowest BCUT2D eigenvalue weighted by Crippen LogP contribution is -2.41. The average Bonchev–Trinajstić information content (AvgIpc) is 2.53. The molecule has 0 aliphatic carbocycles. The molecule has 2 rings (SSSR count). The Morgan fingerprint density at radius 2 is 1.83 bits per heavy atom. The molecule has 0 spiro atoms. The van der Waals surface area contributed by atoms with E-state index in [1.54, 1.807) is 0 Å². The number of rotatable bonds is 6. The van der Waals surface area contributed by atoms with Crippen LogP contribution in [0.15, 0.2) is 42.5 Å². The van der Waals surface area contributed by atoms with Crippen molar-refractivity contribution in [2.24, 2.45) is 0 Å². The van der Waals surface area contributed by atoms with Gasteiger partial charge in [0.2, 0.25) is 0 Å². The highest BCUT2D eigenvalue weighted by Crippen LogP contribution is 2.20. The van der Waals surface area contributed by atoms with Crippen LogP contribution in [0.4, 0.5) is 0 Å². The summed E-state index contributed by atoms with van der Waals surface area (Å²) in [5.74, 6) is -0.774. The van der Waals surface area contributed by atoms with Gasteiger partial charge in [-0.1, -0.05) is 36.4 Å². The van der Waals surface area contributed by atoms with Gasteiger partial charge in [-0.2, -0.15) is 0 Å². The van der Waals surface area contributed by atoms with Crippen LogP contribution in [0.25, 0.3) is 0 Å². The zero-order chi connectivity index (χ0) is 16.7. The summed E-state index contributed by atoms with van der Waals surface area (Å²) in [6, 6.07) is 10.1. The van der Waals surface area contributed by atoms with Gasteiger partial charge in [-0.25, -0.2) is 0 Å². The number of benzene rings is 1. The van der Waals surface area contributed by atoms with Crippen molar-refractivity contribution in [1.29, 1.82) is 0 Å². The van der Waals surface area contributed by atoms with E-state index in [1.807, 2.05) is 30.4 Å². The molecule has 0 saturated heterocycles. The molecule has 0 amide bonds. The van der Waals surface area contributed by atoms with Gasteiger partial charge in [-0.3, -0.25) is 9.59 Å². The highest BCUT2D eigenvalue weighted by molar-refractivity contribution is 5.66. The summed E-state index contributed by atoms with van der Waals surface area (Å²) in [6.45, 7) is 2.75. The first kappa shape index (κ1) is 17.2. The van der Waals surface area contributed by atoms with E-state index < -0.39 is 12.2 Å². The molecule has 3 atom stereocenters. The number of aryl methyl sites for hydroxylation is 1. The lowest BCUT2D eigenvalue weighted by Gasteiger charge is -2.31. The zero-order valence-corrected chi connectivity index (χ0v) is 13.4. The first-order chi connectivity index (χ1) is 11.0. The SMILES string of the molecule is CC(=O)OC[C@H]1OC(CCc2ccccc2)C=C[C@@H]1OC(C)=O. The molecule has 1 aromatic carbocycles. The Morgan fingerprint density at radius 3 is 2.48 bits per heavy atom. The Morgan fingerprint density at radius 1 is 1.09 bits per heavy atom. The molecule has 23 heavy (non-hydrogen) atoms. The normalized spacial score (nSPS) is 23.3. The van der Waals surface area contributed by atoms with Crippen molar-refractivity contribution in [3.05, 3.63) is 48.0 Å². The van der Waals surface area contributed by atoms with Gasteiger partial charge < -0.3 is 14.2 Å². The summed E-state index contributed by atoms with van der Waals surface area (Å²) in [6.07, 6.45) is 4.31. The van der Waals surface area contributed by atoms with Crippen molar-refractivity contribution in [2.45, 2.75) is 45.0 Å². The van der Waals surface area contributed by atoms with E-state index in [2.05, 4.69) is 12.1 Å². The topological polar surface area (TPSA) is 61.8 Å². The van der Waals surface area contributed by atoms with E-state index in [-0.39, 0.29) is 24.6 Å². The molecule has 0 N–H and O–H groups in total. The molecule has 5 nitrogen and oxygen atoms in total. The molecule has 0 aromatic heterocycles. The van der Waals surface area contributed by atoms with Crippen LogP contribution >= 0.6 is 0 Å². The van der Waals surface area contributed by atoms with Crippen molar-refractivity contribution in [3.63, 3.8) is 0 Å². The number of ether oxygens (including phenoxy) is 3. The standard InChI is InChI=1S/C18H22O5/c1-13(19)21-12-18-17(22-14(2)20)11-10-16(23-18)9-8-15-6-4-3-5-7-15/h3-7,10-11,16-18H,8-9,12H2,1-2H3/t16?,17-,18+/m0/s1. The monoisotopic (exact) mass is 318 g/mol. The van der Waals surface area contributed by atoms with Crippen LogP contribution in [0, 0.1) is 0 Å². The van der Waals surface area contributed by atoms with E-state index in [4.69, 9.17) is 14.2 Å². The Labute approximate surface area is 136 Å². The maximum Gasteiger partial charge on any atom is 0.303 e. The number of hydrogen-bond acceptors (Lipinski definition) is 5. The molecule has 0 fully saturated rings. The van der Waals surface area contributed by atoms with Crippen LogP contribution in [0.3, 0.4) is 0 Å². The minimum absolute atomic E-state index is 0.0689. The fourth-order valence-electron chi connectivity index (χ4n) is 2.46. The second kappa shape index (κ2) is 8.48. The van der Waals surface area contributed by atoms with Crippen LogP contribution < -0.4 is 0 Å². The molecule has 0 saturated carbocycles. The molecule has 1 aliphatic heterocycles. The van der Waals surface area contributed by atoms with Gasteiger partial charge in [0, 0.05) is 13.8 Å². The predicted molar refractivity (Wildman–Crippen MR) is 84.8 cm³/mol. The van der Waals surface area contributed by atoms with Crippen molar-refractivity contribution in [1.82, 2.24) is 0 Å². The third kappa shape index (κ3) is 5.87. The Hall–Kier alpha value is -2.14. The largest absolute Gasteiger partial charge is 0.463 e.